The number of benzene rings is 1. The van der Waals surface area contributed by atoms with Crippen LogP contribution >= 0.6 is 23.1 Å². The van der Waals surface area contributed by atoms with Gasteiger partial charge in [-0.25, -0.2) is 28.5 Å². The van der Waals surface area contributed by atoms with Gasteiger partial charge in [-0.15, -0.1) is 0 Å². The van der Waals surface area contributed by atoms with E-state index in [-0.39, 0.29) is 16.6 Å². The largest absolute Gasteiger partial charge is 0.301 e. The highest BCUT2D eigenvalue weighted by molar-refractivity contribution is 7.99. The molecule has 3 aromatic rings. The van der Waals surface area contributed by atoms with Crippen molar-refractivity contribution in [2.24, 2.45) is 5.14 Å². The van der Waals surface area contributed by atoms with Crippen LogP contribution in [0.25, 0.3) is 10.2 Å². The minimum atomic E-state index is -3.77. The van der Waals surface area contributed by atoms with Gasteiger partial charge in [0.15, 0.2) is 5.13 Å². The molecule has 3 N–H and O–H groups in total. The first kappa shape index (κ1) is 17.7. The van der Waals surface area contributed by atoms with Gasteiger partial charge in [-0.1, -0.05) is 23.1 Å². The molecule has 8 nitrogen and oxygen atoms in total. The Balaban J connectivity index is 1.69. The molecule has 0 aliphatic heterocycles. The summed E-state index contributed by atoms with van der Waals surface area (Å²) in [4.78, 5) is 24.4. The predicted molar refractivity (Wildman–Crippen MR) is 97.1 cm³/mol. The second kappa shape index (κ2) is 7.04. The molecule has 0 fully saturated rings. The van der Waals surface area contributed by atoms with Crippen LogP contribution in [0.4, 0.5) is 5.13 Å². The zero-order valence-corrected chi connectivity index (χ0v) is 15.4. The van der Waals surface area contributed by atoms with E-state index in [2.05, 4.69) is 20.3 Å². The van der Waals surface area contributed by atoms with Gasteiger partial charge in [0.05, 0.1) is 20.9 Å². The van der Waals surface area contributed by atoms with Crippen LogP contribution in [0.5, 0.6) is 0 Å². The smallest absolute Gasteiger partial charge is 0.238 e. The molecule has 2 heterocycles. The number of aromatic nitrogens is 3. The number of carbonyl (C=O) groups excluding carboxylic acids is 1. The van der Waals surface area contributed by atoms with Crippen LogP contribution in [0.15, 0.2) is 40.5 Å². The minimum absolute atomic E-state index is 0.0104. The molecule has 0 aliphatic carbocycles. The summed E-state index contributed by atoms with van der Waals surface area (Å²) in [6.45, 7) is 1.85. The number of anilines is 1. The number of thiazole rings is 1. The maximum atomic E-state index is 12.0. The molecule has 0 radical (unpaired) electrons. The molecule has 1 aromatic carbocycles. The predicted octanol–water partition coefficient (Wildman–Crippen LogP) is 1.77. The summed E-state index contributed by atoms with van der Waals surface area (Å²) in [5, 5.41) is 8.92. The number of hydrogen-bond acceptors (Lipinski definition) is 8. The third-order valence-electron chi connectivity index (χ3n) is 3.06. The lowest BCUT2D eigenvalue weighted by molar-refractivity contribution is -0.113. The van der Waals surface area contributed by atoms with E-state index in [1.54, 1.807) is 12.1 Å². The normalized spacial score (nSPS) is 11.6. The lowest BCUT2D eigenvalue weighted by Crippen LogP contribution is -2.13. The molecular formula is C14H13N5O3S3. The number of thioether (sulfide) groups is 1. The zero-order chi connectivity index (χ0) is 18.0. The van der Waals surface area contributed by atoms with E-state index >= 15 is 0 Å². The zero-order valence-electron chi connectivity index (χ0n) is 13.0. The number of rotatable bonds is 5. The topological polar surface area (TPSA) is 128 Å². The molecule has 0 atom stereocenters. The van der Waals surface area contributed by atoms with Crippen molar-refractivity contribution in [1.82, 2.24) is 15.0 Å². The molecule has 25 heavy (non-hydrogen) atoms. The number of nitrogens with zero attached hydrogens (tertiary/aromatic N) is 3. The first-order chi connectivity index (χ1) is 11.8. The van der Waals surface area contributed by atoms with Crippen LogP contribution in [-0.2, 0) is 14.8 Å². The number of nitrogens with two attached hydrogens (primary N) is 1. The molecule has 11 heteroatoms. The Bertz CT molecular complexity index is 1050. The van der Waals surface area contributed by atoms with Crippen LogP contribution < -0.4 is 10.5 Å². The van der Waals surface area contributed by atoms with Crippen LogP contribution in [0, 0.1) is 6.92 Å². The number of fused-ring (bicyclic) bond motifs is 1. The fourth-order valence-corrected chi connectivity index (χ4v) is 4.20. The summed E-state index contributed by atoms with van der Waals surface area (Å²) >= 11 is 2.47. The lowest BCUT2D eigenvalue weighted by atomic mass is 10.3. The molecule has 0 aliphatic rings. The molecule has 0 bridgehead atoms. The SMILES string of the molecule is Cc1cc(SCC(=O)Nc2nc3ccc(S(N)(=O)=O)cc3s2)ncn1. The van der Waals surface area contributed by atoms with Crippen molar-refractivity contribution < 1.29 is 13.2 Å². The highest BCUT2D eigenvalue weighted by atomic mass is 32.2. The van der Waals surface area contributed by atoms with Gasteiger partial charge >= 0.3 is 0 Å². The lowest BCUT2D eigenvalue weighted by Gasteiger charge is -2.01. The molecule has 2 aromatic heterocycles. The average molecular weight is 395 g/mol. The number of primary sulfonamides is 1. The fourth-order valence-electron chi connectivity index (χ4n) is 1.94. The molecule has 0 spiro atoms. The molecule has 0 unspecified atom stereocenters. The highest BCUT2D eigenvalue weighted by Gasteiger charge is 2.13. The highest BCUT2D eigenvalue weighted by Crippen LogP contribution is 2.28. The number of sulfonamides is 1. The van der Waals surface area contributed by atoms with E-state index in [0.29, 0.717) is 20.4 Å². The summed E-state index contributed by atoms with van der Waals surface area (Å²) in [5.74, 6) is -0.0542. The summed E-state index contributed by atoms with van der Waals surface area (Å²) < 4.78 is 23.4. The van der Waals surface area contributed by atoms with E-state index < -0.39 is 10.0 Å². The number of aryl methyl sites for hydroxylation is 1. The van der Waals surface area contributed by atoms with Crippen molar-refractivity contribution in [2.45, 2.75) is 16.8 Å². The van der Waals surface area contributed by atoms with E-state index in [0.717, 1.165) is 5.69 Å². The van der Waals surface area contributed by atoms with Crippen LogP contribution in [-0.4, -0.2) is 35.0 Å². The van der Waals surface area contributed by atoms with Crippen molar-refractivity contribution in [1.29, 1.82) is 0 Å². The number of carbonyl (C=O) groups is 1. The van der Waals surface area contributed by atoms with Crippen molar-refractivity contribution in [2.75, 3.05) is 11.1 Å². The minimum Gasteiger partial charge on any atom is -0.301 e. The van der Waals surface area contributed by atoms with Crippen LogP contribution in [0.2, 0.25) is 0 Å². The Morgan fingerprint density at radius 3 is 2.84 bits per heavy atom. The van der Waals surface area contributed by atoms with Crippen molar-refractivity contribution in [3.05, 3.63) is 36.3 Å². The quantitative estimate of drug-likeness (QED) is 0.498. The van der Waals surface area contributed by atoms with E-state index in [1.807, 2.05) is 6.92 Å². The van der Waals surface area contributed by atoms with Gasteiger partial charge in [0.25, 0.3) is 0 Å². The summed E-state index contributed by atoms with van der Waals surface area (Å²) in [7, 11) is -3.77. The van der Waals surface area contributed by atoms with Crippen LogP contribution in [0.1, 0.15) is 5.69 Å². The van der Waals surface area contributed by atoms with Crippen molar-refractivity contribution >= 4 is 54.4 Å². The molecule has 0 saturated carbocycles. The molecule has 130 valence electrons. The van der Waals surface area contributed by atoms with Crippen molar-refractivity contribution in [3.63, 3.8) is 0 Å². The molecule has 0 saturated heterocycles. The van der Waals surface area contributed by atoms with Crippen molar-refractivity contribution in [3.8, 4) is 0 Å². The third kappa shape index (κ3) is 4.51. The Kier molecular flexibility index (Phi) is 4.99. The Hall–Kier alpha value is -2.08. The summed E-state index contributed by atoms with van der Waals surface area (Å²) in [5.41, 5.74) is 1.42. The van der Waals surface area contributed by atoms with Gasteiger partial charge in [0, 0.05) is 5.69 Å². The van der Waals surface area contributed by atoms with Gasteiger partial charge in [-0.3, -0.25) is 4.79 Å². The van der Waals surface area contributed by atoms with Gasteiger partial charge < -0.3 is 5.32 Å². The molecule has 1 amide bonds. The first-order valence-corrected chi connectivity index (χ1v) is 10.3. The standard InChI is InChI=1S/C14H13N5O3S3/c1-8-4-13(17-7-16-8)23-6-12(20)19-14-18-10-3-2-9(25(15,21)22)5-11(10)24-14/h2-5,7H,6H2,1H3,(H2,15,21,22)(H,18,19,20). The van der Waals surface area contributed by atoms with Crippen LogP contribution in [0.3, 0.4) is 0 Å². The third-order valence-corrected chi connectivity index (χ3v) is 5.83. The van der Waals surface area contributed by atoms with E-state index in [9.17, 15) is 13.2 Å². The number of nitrogens with one attached hydrogen (secondary N) is 1. The van der Waals surface area contributed by atoms with E-state index in [4.69, 9.17) is 5.14 Å². The Labute approximate surface area is 151 Å². The monoisotopic (exact) mass is 395 g/mol. The maximum absolute atomic E-state index is 12.0. The Morgan fingerprint density at radius 1 is 1.32 bits per heavy atom. The number of hydrogen-bond donors (Lipinski definition) is 2. The number of amides is 1. The van der Waals surface area contributed by atoms with Gasteiger partial charge in [-0.05, 0) is 31.2 Å². The second-order valence-corrected chi connectivity index (χ2v) is 8.62. The molecular weight excluding hydrogens is 382 g/mol. The second-order valence-electron chi connectivity index (χ2n) is 5.03. The average Bonchev–Trinajstić information content (AvgIpc) is 2.93. The summed E-state index contributed by atoms with van der Waals surface area (Å²) in [6.07, 6.45) is 1.45. The van der Waals surface area contributed by atoms with Gasteiger partial charge in [-0.2, -0.15) is 0 Å². The van der Waals surface area contributed by atoms with Gasteiger partial charge in [0.2, 0.25) is 15.9 Å². The first-order valence-electron chi connectivity index (χ1n) is 6.96. The maximum Gasteiger partial charge on any atom is 0.238 e. The fraction of sp³-hybridized carbons (Fsp3) is 0.143. The summed E-state index contributed by atoms with van der Waals surface area (Å²) in [6, 6.07) is 6.18. The molecule has 3 rings (SSSR count). The Morgan fingerprint density at radius 2 is 2.12 bits per heavy atom. The van der Waals surface area contributed by atoms with E-state index in [1.165, 1.54) is 41.6 Å². The van der Waals surface area contributed by atoms with Gasteiger partial charge in [0.1, 0.15) is 11.4 Å².